The van der Waals surface area contributed by atoms with Gasteiger partial charge in [0.1, 0.15) is 0 Å². The van der Waals surface area contributed by atoms with E-state index in [1.165, 1.54) is 0 Å². The van der Waals surface area contributed by atoms with E-state index in [1.807, 2.05) is 68.4 Å². The summed E-state index contributed by atoms with van der Waals surface area (Å²) in [7, 11) is 0. The third kappa shape index (κ3) is 4.50. The van der Waals surface area contributed by atoms with E-state index in [-0.39, 0.29) is 11.8 Å². The molecule has 2 aromatic carbocycles. The van der Waals surface area contributed by atoms with E-state index >= 15 is 0 Å². The maximum Gasteiger partial charge on any atom is 0.227 e. The Morgan fingerprint density at radius 2 is 1.57 bits per heavy atom. The molecule has 2 nitrogen and oxygen atoms in total. The number of hydrogen-bond donors (Lipinski definition) is 1. The van der Waals surface area contributed by atoms with Gasteiger partial charge < -0.3 is 5.32 Å². The van der Waals surface area contributed by atoms with Gasteiger partial charge in [-0.1, -0.05) is 43.9 Å². The van der Waals surface area contributed by atoms with Crippen molar-refractivity contribution in [1.82, 2.24) is 0 Å². The summed E-state index contributed by atoms with van der Waals surface area (Å²) in [5.74, 6) is 6.31. The Balaban J connectivity index is 2.03. The first kappa shape index (κ1) is 14.9. The molecule has 0 saturated carbocycles. The molecule has 1 N–H and O–H groups in total. The maximum atomic E-state index is 11.8. The Morgan fingerprint density at radius 3 is 2.14 bits per heavy atom. The van der Waals surface area contributed by atoms with Gasteiger partial charge in [0.15, 0.2) is 0 Å². The number of benzene rings is 2. The second-order valence-electron chi connectivity index (χ2n) is 4.99. The second kappa shape index (κ2) is 7.31. The van der Waals surface area contributed by atoms with Gasteiger partial charge in [-0.2, -0.15) is 0 Å². The second-order valence-corrected chi connectivity index (χ2v) is 4.99. The van der Waals surface area contributed by atoms with Crippen LogP contribution in [0.2, 0.25) is 0 Å². The van der Waals surface area contributed by atoms with Crippen molar-refractivity contribution in [2.24, 2.45) is 5.92 Å². The smallest absolute Gasteiger partial charge is 0.227 e. The topological polar surface area (TPSA) is 29.1 Å². The SMILES string of the molecule is CCC(C)C(=O)Nc1ccc(C#Cc2ccccc2)cc1. The van der Waals surface area contributed by atoms with E-state index in [0.717, 1.165) is 23.2 Å². The fraction of sp³-hybridized carbons (Fsp3) is 0.211. The quantitative estimate of drug-likeness (QED) is 0.842. The van der Waals surface area contributed by atoms with Crippen LogP contribution in [0.15, 0.2) is 54.6 Å². The van der Waals surface area contributed by atoms with Crippen molar-refractivity contribution in [3.05, 3.63) is 65.7 Å². The number of anilines is 1. The minimum atomic E-state index is 0.0301. The molecule has 106 valence electrons. The summed E-state index contributed by atoms with van der Waals surface area (Å²) in [4.78, 5) is 11.8. The van der Waals surface area contributed by atoms with Crippen molar-refractivity contribution in [2.75, 3.05) is 5.32 Å². The fourth-order valence-electron chi connectivity index (χ4n) is 1.75. The molecule has 0 radical (unpaired) electrons. The molecule has 0 aliphatic rings. The molecule has 2 aromatic rings. The molecule has 2 rings (SSSR count). The van der Waals surface area contributed by atoms with Crippen molar-refractivity contribution in [1.29, 1.82) is 0 Å². The summed E-state index contributed by atoms with van der Waals surface area (Å²) < 4.78 is 0. The molecular formula is C19H19NO. The fourth-order valence-corrected chi connectivity index (χ4v) is 1.75. The van der Waals surface area contributed by atoms with E-state index in [2.05, 4.69) is 17.2 Å². The van der Waals surface area contributed by atoms with Gasteiger partial charge in [0.25, 0.3) is 0 Å². The average Bonchev–Trinajstić information content (AvgIpc) is 2.54. The Hall–Kier alpha value is -2.53. The molecule has 0 heterocycles. The van der Waals surface area contributed by atoms with Gasteiger partial charge in [0.2, 0.25) is 5.91 Å². The number of carbonyl (C=O) groups excluding carboxylic acids is 1. The minimum Gasteiger partial charge on any atom is -0.326 e. The molecule has 0 bridgehead atoms. The predicted octanol–water partition coefficient (Wildman–Crippen LogP) is 4.07. The number of nitrogens with one attached hydrogen (secondary N) is 1. The van der Waals surface area contributed by atoms with Crippen LogP contribution in [0.1, 0.15) is 31.4 Å². The molecule has 0 spiro atoms. The Kier molecular flexibility index (Phi) is 5.17. The van der Waals surface area contributed by atoms with E-state index in [4.69, 9.17) is 0 Å². The largest absolute Gasteiger partial charge is 0.326 e. The average molecular weight is 277 g/mol. The number of amides is 1. The minimum absolute atomic E-state index is 0.0301. The van der Waals surface area contributed by atoms with Gasteiger partial charge in [0.05, 0.1) is 0 Å². The van der Waals surface area contributed by atoms with Crippen molar-refractivity contribution in [3.8, 4) is 11.8 Å². The third-order valence-corrected chi connectivity index (χ3v) is 3.34. The van der Waals surface area contributed by atoms with Gasteiger partial charge in [-0.3, -0.25) is 4.79 Å². The first-order valence-electron chi connectivity index (χ1n) is 7.17. The standard InChI is InChI=1S/C19H19NO/c1-3-15(2)19(21)20-18-13-11-17(12-14-18)10-9-16-7-5-4-6-8-16/h4-8,11-15H,3H2,1-2H3,(H,20,21). The lowest BCUT2D eigenvalue weighted by Crippen LogP contribution is -2.19. The highest BCUT2D eigenvalue weighted by molar-refractivity contribution is 5.92. The van der Waals surface area contributed by atoms with Crippen LogP contribution in [0, 0.1) is 17.8 Å². The van der Waals surface area contributed by atoms with Crippen LogP contribution in [0.5, 0.6) is 0 Å². The van der Waals surface area contributed by atoms with Gasteiger partial charge in [0, 0.05) is 22.7 Å². The lowest BCUT2D eigenvalue weighted by Gasteiger charge is -2.09. The van der Waals surface area contributed by atoms with E-state index in [0.29, 0.717) is 0 Å². The molecule has 0 saturated heterocycles. The van der Waals surface area contributed by atoms with Gasteiger partial charge >= 0.3 is 0 Å². The zero-order chi connectivity index (χ0) is 15.1. The number of hydrogen-bond acceptors (Lipinski definition) is 1. The van der Waals surface area contributed by atoms with Crippen molar-refractivity contribution in [2.45, 2.75) is 20.3 Å². The molecular weight excluding hydrogens is 258 g/mol. The molecule has 2 heteroatoms. The van der Waals surface area contributed by atoms with Crippen LogP contribution >= 0.6 is 0 Å². The molecule has 1 amide bonds. The lowest BCUT2D eigenvalue weighted by molar-refractivity contribution is -0.119. The molecule has 0 fully saturated rings. The van der Waals surface area contributed by atoms with E-state index in [1.54, 1.807) is 0 Å². The normalized spacial score (nSPS) is 11.1. The van der Waals surface area contributed by atoms with Crippen LogP contribution in [0.3, 0.4) is 0 Å². The molecule has 0 aliphatic carbocycles. The van der Waals surface area contributed by atoms with Crippen LogP contribution in [0.4, 0.5) is 5.69 Å². The van der Waals surface area contributed by atoms with E-state index in [9.17, 15) is 4.79 Å². The summed E-state index contributed by atoms with van der Waals surface area (Å²) in [6, 6.07) is 17.5. The Bertz CT molecular complexity index is 647. The number of rotatable bonds is 3. The highest BCUT2D eigenvalue weighted by atomic mass is 16.1. The molecule has 21 heavy (non-hydrogen) atoms. The molecule has 0 aliphatic heterocycles. The Morgan fingerprint density at radius 1 is 1.00 bits per heavy atom. The Labute approximate surface area is 126 Å². The van der Waals surface area contributed by atoms with Crippen molar-refractivity contribution >= 4 is 11.6 Å². The molecule has 1 atom stereocenters. The summed E-state index contributed by atoms with van der Waals surface area (Å²) in [6.45, 7) is 3.93. The third-order valence-electron chi connectivity index (χ3n) is 3.34. The number of carbonyl (C=O) groups is 1. The molecule has 1 unspecified atom stereocenters. The van der Waals surface area contributed by atoms with E-state index < -0.39 is 0 Å². The van der Waals surface area contributed by atoms with Crippen molar-refractivity contribution < 1.29 is 4.79 Å². The van der Waals surface area contributed by atoms with Gasteiger partial charge in [-0.05, 0) is 42.8 Å². The highest BCUT2D eigenvalue weighted by Gasteiger charge is 2.09. The van der Waals surface area contributed by atoms with Gasteiger partial charge in [-0.25, -0.2) is 0 Å². The van der Waals surface area contributed by atoms with Crippen LogP contribution in [-0.2, 0) is 4.79 Å². The summed E-state index contributed by atoms with van der Waals surface area (Å²) in [5.41, 5.74) is 2.73. The first-order valence-corrected chi connectivity index (χ1v) is 7.17. The lowest BCUT2D eigenvalue weighted by atomic mass is 10.1. The predicted molar refractivity (Wildman–Crippen MR) is 86.9 cm³/mol. The summed E-state index contributed by atoms with van der Waals surface area (Å²) in [5, 5.41) is 2.91. The van der Waals surface area contributed by atoms with Crippen LogP contribution in [0.25, 0.3) is 0 Å². The summed E-state index contributed by atoms with van der Waals surface area (Å²) >= 11 is 0. The summed E-state index contributed by atoms with van der Waals surface area (Å²) in [6.07, 6.45) is 0.840. The zero-order valence-electron chi connectivity index (χ0n) is 12.4. The monoisotopic (exact) mass is 277 g/mol. The zero-order valence-corrected chi connectivity index (χ0v) is 12.4. The van der Waals surface area contributed by atoms with Crippen LogP contribution in [-0.4, -0.2) is 5.91 Å². The first-order chi connectivity index (χ1) is 10.2. The maximum absolute atomic E-state index is 11.8. The van der Waals surface area contributed by atoms with Gasteiger partial charge in [-0.15, -0.1) is 0 Å². The van der Waals surface area contributed by atoms with Crippen LogP contribution < -0.4 is 5.32 Å². The molecule has 0 aromatic heterocycles. The highest BCUT2D eigenvalue weighted by Crippen LogP contribution is 2.11. The van der Waals surface area contributed by atoms with Crippen molar-refractivity contribution in [3.63, 3.8) is 0 Å².